The molecule has 3 aromatic rings. The lowest BCUT2D eigenvalue weighted by molar-refractivity contribution is -0.118. The highest BCUT2D eigenvalue weighted by molar-refractivity contribution is 9.10. The molecule has 0 atom stereocenters. The first-order valence-corrected chi connectivity index (χ1v) is 11.8. The fraction of sp³-hybridized carbons (Fsp3) is 0.136. The molecule has 0 bridgehead atoms. The Morgan fingerprint density at radius 3 is 2.22 bits per heavy atom. The van der Waals surface area contributed by atoms with Crippen molar-refractivity contribution in [1.29, 1.82) is 0 Å². The lowest BCUT2D eigenvalue weighted by atomic mass is 10.3. The number of amides is 1. The van der Waals surface area contributed by atoms with Crippen LogP contribution in [0.15, 0.2) is 76.1 Å². The van der Waals surface area contributed by atoms with Gasteiger partial charge in [0.25, 0.3) is 15.9 Å². The first-order valence-electron chi connectivity index (χ1n) is 9.50. The molecule has 32 heavy (non-hydrogen) atoms. The van der Waals surface area contributed by atoms with Crippen LogP contribution >= 0.6 is 15.9 Å². The van der Waals surface area contributed by atoms with Crippen molar-refractivity contribution in [2.75, 3.05) is 23.3 Å². The number of benzene rings is 3. The van der Waals surface area contributed by atoms with Gasteiger partial charge < -0.3 is 14.8 Å². The highest BCUT2D eigenvalue weighted by Crippen LogP contribution is 2.22. The van der Waals surface area contributed by atoms with Crippen LogP contribution < -0.4 is 19.5 Å². The first-order chi connectivity index (χ1) is 15.3. The predicted molar refractivity (Wildman–Crippen MR) is 123 cm³/mol. The lowest BCUT2D eigenvalue weighted by Gasteiger charge is -2.11. The van der Waals surface area contributed by atoms with E-state index in [4.69, 9.17) is 9.47 Å². The monoisotopic (exact) mass is 522 g/mol. The minimum absolute atomic E-state index is 0.0279. The molecule has 10 heteroatoms. The largest absolute Gasteiger partial charge is 0.494 e. The molecule has 0 aromatic heterocycles. The average molecular weight is 523 g/mol. The second-order valence-electron chi connectivity index (χ2n) is 6.50. The van der Waals surface area contributed by atoms with Gasteiger partial charge in [0, 0.05) is 10.2 Å². The van der Waals surface area contributed by atoms with Crippen molar-refractivity contribution < 1.29 is 27.1 Å². The maximum atomic E-state index is 13.8. The van der Waals surface area contributed by atoms with E-state index < -0.39 is 21.7 Å². The standard InChI is InChI=1S/C22H20BrFN2O5S/c1-2-30-17-6-4-16(5-7-17)26-32(28,29)19-10-8-18(9-11-19)31-14-22(27)25-21-12-3-15(23)13-20(21)24/h3-13,26H,2,14H2,1H3,(H,25,27). The third kappa shape index (κ3) is 6.44. The third-order valence-electron chi connectivity index (χ3n) is 4.13. The Labute approximate surface area is 193 Å². The average Bonchev–Trinajstić information content (AvgIpc) is 2.76. The van der Waals surface area contributed by atoms with Crippen molar-refractivity contribution in [3.8, 4) is 11.5 Å². The zero-order chi connectivity index (χ0) is 23.1. The highest BCUT2D eigenvalue weighted by atomic mass is 79.9. The van der Waals surface area contributed by atoms with Gasteiger partial charge in [0.2, 0.25) is 0 Å². The van der Waals surface area contributed by atoms with E-state index in [0.717, 1.165) is 0 Å². The Morgan fingerprint density at radius 1 is 0.969 bits per heavy atom. The number of anilines is 2. The molecule has 0 heterocycles. The number of rotatable bonds is 9. The van der Waals surface area contributed by atoms with Crippen molar-refractivity contribution in [3.63, 3.8) is 0 Å². The molecule has 3 rings (SSSR count). The summed E-state index contributed by atoms with van der Waals surface area (Å²) in [6.07, 6.45) is 0. The molecule has 0 aliphatic heterocycles. The molecule has 2 N–H and O–H groups in total. The minimum atomic E-state index is -3.81. The maximum Gasteiger partial charge on any atom is 0.262 e. The number of ether oxygens (including phenoxy) is 2. The minimum Gasteiger partial charge on any atom is -0.494 e. The van der Waals surface area contributed by atoms with Gasteiger partial charge in [-0.05, 0) is 73.7 Å². The summed E-state index contributed by atoms with van der Waals surface area (Å²) >= 11 is 3.14. The zero-order valence-corrected chi connectivity index (χ0v) is 19.4. The molecular formula is C22H20BrFN2O5S. The Morgan fingerprint density at radius 2 is 1.59 bits per heavy atom. The summed E-state index contributed by atoms with van der Waals surface area (Å²) in [5.74, 6) is -0.206. The smallest absolute Gasteiger partial charge is 0.262 e. The Hall–Kier alpha value is -3.11. The molecule has 1 amide bonds. The van der Waals surface area contributed by atoms with E-state index in [0.29, 0.717) is 22.5 Å². The van der Waals surface area contributed by atoms with Gasteiger partial charge in [0.15, 0.2) is 6.61 Å². The molecule has 0 aliphatic rings. The van der Waals surface area contributed by atoms with Crippen LogP contribution in [0, 0.1) is 5.82 Å². The van der Waals surface area contributed by atoms with Gasteiger partial charge in [-0.1, -0.05) is 15.9 Å². The van der Waals surface area contributed by atoms with Crippen LogP contribution in [0.2, 0.25) is 0 Å². The Bertz CT molecular complexity index is 1190. The second-order valence-corrected chi connectivity index (χ2v) is 9.09. The van der Waals surface area contributed by atoms with E-state index in [2.05, 4.69) is 26.0 Å². The predicted octanol–water partition coefficient (Wildman–Crippen LogP) is 4.81. The normalized spacial score (nSPS) is 11.0. The van der Waals surface area contributed by atoms with Gasteiger partial charge in [-0.15, -0.1) is 0 Å². The Balaban J connectivity index is 1.57. The Kier molecular flexibility index (Phi) is 7.70. The van der Waals surface area contributed by atoms with Gasteiger partial charge in [0.05, 0.1) is 17.2 Å². The zero-order valence-electron chi connectivity index (χ0n) is 17.0. The van der Waals surface area contributed by atoms with E-state index in [-0.39, 0.29) is 22.9 Å². The van der Waals surface area contributed by atoms with E-state index in [1.807, 2.05) is 6.92 Å². The van der Waals surface area contributed by atoms with E-state index in [1.165, 1.54) is 36.4 Å². The summed E-state index contributed by atoms with van der Waals surface area (Å²) in [7, 11) is -3.81. The van der Waals surface area contributed by atoms with Gasteiger partial charge in [-0.25, -0.2) is 12.8 Å². The van der Waals surface area contributed by atoms with Crippen LogP contribution in [0.4, 0.5) is 15.8 Å². The van der Waals surface area contributed by atoms with Crippen molar-refractivity contribution in [3.05, 3.63) is 77.0 Å². The fourth-order valence-corrected chi connectivity index (χ4v) is 4.03. The summed E-state index contributed by atoms with van der Waals surface area (Å²) in [4.78, 5) is 12.0. The molecular weight excluding hydrogens is 503 g/mol. The molecule has 0 saturated heterocycles. The van der Waals surface area contributed by atoms with Crippen LogP contribution in [0.1, 0.15) is 6.92 Å². The highest BCUT2D eigenvalue weighted by Gasteiger charge is 2.15. The number of halogens is 2. The number of sulfonamides is 1. The molecule has 0 aliphatic carbocycles. The molecule has 0 saturated carbocycles. The molecule has 3 aromatic carbocycles. The number of carbonyl (C=O) groups is 1. The van der Waals surface area contributed by atoms with Crippen molar-refractivity contribution in [2.45, 2.75) is 11.8 Å². The van der Waals surface area contributed by atoms with Crippen LogP contribution in [0.3, 0.4) is 0 Å². The van der Waals surface area contributed by atoms with Gasteiger partial charge >= 0.3 is 0 Å². The lowest BCUT2D eigenvalue weighted by Crippen LogP contribution is -2.20. The van der Waals surface area contributed by atoms with E-state index in [9.17, 15) is 17.6 Å². The summed E-state index contributed by atoms with van der Waals surface area (Å²) in [5.41, 5.74) is 0.425. The molecule has 0 spiro atoms. The quantitative estimate of drug-likeness (QED) is 0.420. The molecule has 0 radical (unpaired) electrons. The topological polar surface area (TPSA) is 93.7 Å². The molecule has 168 valence electrons. The van der Waals surface area contributed by atoms with Crippen LogP contribution in [0.5, 0.6) is 11.5 Å². The molecule has 0 fully saturated rings. The second kappa shape index (κ2) is 10.5. The fourth-order valence-electron chi connectivity index (χ4n) is 2.64. The van der Waals surface area contributed by atoms with Crippen LogP contribution in [-0.2, 0) is 14.8 Å². The maximum absolute atomic E-state index is 13.8. The number of nitrogens with one attached hydrogen (secondary N) is 2. The summed E-state index contributed by atoms with van der Waals surface area (Å²) in [5, 5.41) is 2.41. The number of hydrogen-bond donors (Lipinski definition) is 2. The number of carbonyl (C=O) groups excluding carboxylic acids is 1. The van der Waals surface area contributed by atoms with Gasteiger partial charge in [-0.2, -0.15) is 0 Å². The molecule has 7 nitrogen and oxygen atoms in total. The SMILES string of the molecule is CCOc1ccc(NS(=O)(=O)c2ccc(OCC(=O)Nc3ccc(Br)cc3F)cc2)cc1. The number of hydrogen-bond acceptors (Lipinski definition) is 5. The van der Waals surface area contributed by atoms with Crippen LogP contribution in [0.25, 0.3) is 0 Å². The van der Waals surface area contributed by atoms with Crippen LogP contribution in [-0.4, -0.2) is 27.5 Å². The third-order valence-corrected chi connectivity index (χ3v) is 6.02. The molecule has 0 unspecified atom stereocenters. The van der Waals surface area contributed by atoms with Gasteiger partial charge in [-0.3, -0.25) is 9.52 Å². The van der Waals surface area contributed by atoms with Gasteiger partial charge in [0.1, 0.15) is 17.3 Å². The van der Waals surface area contributed by atoms with Crippen molar-refractivity contribution in [2.24, 2.45) is 0 Å². The first kappa shape index (κ1) is 23.6. The van der Waals surface area contributed by atoms with E-state index in [1.54, 1.807) is 30.3 Å². The summed E-state index contributed by atoms with van der Waals surface area (Å²) in [6, 6.07) is 16.4. The van der Waals surface area contributed by atoms with Crippen molar-refractivity contribution in [1.82, 2.24) is 0 Å². The van der Waals surface area contributed by atoms with E-state index >= 15 is 0 Å². The summed E-state index contributed by atoms with van der Waals surface area (Å²) < 4.78 is 52.6. The summed E-state index contributed by atoms with van der Waals surface area (Å²) in [6.45, 7) is 2.01. The van der Waals surface area contributed by atoms with Crippen molar-refractivity contribution >= 4 is 43.2 Å².